The summed E-state index contributed by atoms with van der Waals surface area (Å²) in [6.07, 6.45) is 5.71. The first kappa shape index (κ1) is 16.4. The number of hydrogen-bond acceptors (Lipinski definition) is 6. The average molecular weight is 333 g/mol. The molecule has 1 aromatic carbocycles. The maximum atomic E-state index is 5.40. The molecule has 0 amide bonds. The molecule has 24 heavy (non-hydrogen) atoms. The third-order valence-corrected chi connectivity index (χ3v) is 4.10. The topological polar surface area (TPSA) is 66.8 Å². The van der Waals surface area contributed by atoms with Gasteiger partial charge in [0.2, 0.25) is 5.75 Å². The number of hydrogen-bond donors (Lipinski definition) is 1. The van der Waals surface area contributed by atoms with Gasteiger partial charge in [0, 0.05) is 31.4 Å². The van der Waals surface area contributed by atoms with Crippen LogP contribution in [0.25, 0.3) is 5.69 Å². The van der Waals surface area contributed by atoms with Crippen LogP contribution in [0.15, 0.2) is 24.7 Å². The average Bonchev–Trinajstić information content (AvgIpc) is 3.09. The SMILES string of the molecule is COc1cc(-n2cnc(NC3CCOCC3)c2)cc(OC)c1OC. The predicted molar refractivity (Wildman–Crippen MR) is 90.7 cm³/mol. The Labute approximate surface area is 141 Å². The fourth-order valence-corrected chi connectivity index (χ4v) is 2.81. The molecule has 1 saturated heterocycles. The van der Waals surface area contributed by atoms with E-state index in [9.17, 15) is 0 Å². The Morgan fingerprint density at radius 3 is 2.33 bits per heavy atom. The van der Waals surface area contributed by atoms with Crippen molar-refractivity contribution in [3.05, 3.63) is 24.7 Å². The first-order chi connectivity index (χ1) is 11.7. The van der Waals surface area contributed by atoms with Crippen molar-refractivity contribution in [3.63, 3.8) is 0 Å². The summed E-state index contributed by atoms with van der Waals surface area (Å²) >= 11 is 0. The van der Waals surface area contributed by atoms with Crippen LogP contribution in [0.1, 0.15) is 12.8 Å². The monoisotopic (exact) mass is 333 g/mol. The third-order valence-electron chi connectivity index (χ3n) is 4.10. The minimum Gasteiger partial charge on any atom is -0.493 e. The first-order valence-electron chi connectivity index (χ1n) is 7.93. The molecular weight excluding hydrogens is 310 g/mol. The summed E-state index contributed by atoms with van der Waals surface area (Å²) in [5.74, 6) is 2.64. The lowest BCUT2D eigenvalue weighted by atomic mass is 10.1. The van der Waals surface area contributed by atoms with Gasteiger partial charge in [-0.2, -0.15) is 0 Å². The van der Waals surface area contributed by atoms with Crippen molar-refractivity contribution in [2.45, 2.75) is 18.9 Å². The number of methoxy groups -OCH3 is 3. The smallest absolute Gasteiger partial charge is 0.203 e. The second-order valence-electron chi connectivity index (χ2n) is 5.58. The molecule has 130 valence electrons. The minimum absolute atomic E-state index is 0.405. The maximum absolute atomic E-state index is 5.40. The second-order valence-corrected chi connectivity index (χ2v) is 5.58. The van der Waals surface area contributed by atoms with Crippen LogP contribution in [-0.4, -0.2) is 50.1 Å². The van der Waals surface area contributed by atoms with Gasteiger partial charge in [-0.25, -0.2) is 4.98 Å². The van der Waals surface area contributed by atoms with E-state index in [0.29, 0.717) is 23.3 Å². The summed E-state index contributed by atoms with van der Waals surface area (Å²) in [4.78, 5) is 4.44. The van der Waals surface area contributed by atoms with Gasteiger partial charge in [-0.15, -0.1) is 0 Å². The van der Waals surface area contributed by atoms with Crippen LogP contribution in [0.5, 0.6) is 17.2 Å². The number of rotatable bonds is 6. The summed E-state index contributed by atoms with van der Waals surface area (Å²) in [6, 6.07) is 4.18. The van der Waals surface area contributed by atoms with E-state index in [2.05, 4.69) is 10.3 Å². The van der Waals surface area contributed by atoms with Crippen LogP contribution in [0.4, 0.5) is 5.82 Å². The summed E-state index contributed by atoms with van der Waals surface area (Å²) in [7, 11) is 4.80. The Hall–Kier alpha value is -2.41. The second kappa shape index (κ2) is 7.44. The molecule has 0 unspecified atom stereocenters. The van der Waals surface area contributed by atoms with Crippen LogP contribution < -0.4 is 19.5 Å². The molecule has 1 N–H and O–H groups in total. The van der Waals surface area contributed by atoms with E-state index in [1.54, 1.807) is 27.7 Å². The predicted octanol–water partition coefficient (Wildman–Crippen LogP) is 2.49. The zero-order valence-corrected chi connectivity index (χ0v) is 14.2. The molecule has 1 fully saturated rings. The standard InChI is InChI=1S/C17H23N3O4/c1-21-14-8-13(9-15(22-2)17(14)23-3)20-10-16(18-11-20)19-12-4-6-24-7-5-12/h8-12,19H,4-7H2,1-3H3. The zero-order chi connectivity index (χ0) is 16.9. The highest BCUT2D eigenvalue weighted by Gasteiger charge is 2.16. The lowest BCUT2D eigenvalue weighted by Crippen LogP contribution is -2.27. The quantitative estimate of drug-likeness (QED) is 0.876. The highest BCUT2D eigenvalue weighted by atomic mass is 16.5. The number of imidazole rings is 1. The molecule has 0 bridgehead atoms. The van der Waals surface area contributed by atoms with Gasteiger partial charge >= 0.3 is 0 Å². The molecule has 7 nitrogen and oxygen atoms in total. The van der Waals surface area contributed by atoms with Gasteiger partial charge in [0.25, 0.3) is 0 Å². The number of aromatic nitrogens is 2. The molecule has 0 aliphatic carbocycles. The minimum atomic E-state index is 0.405. The van der Waals surface area contributed by atoms with Gasteiger partial charge in [-0.3, -0.25) is 0 Å². The Morgan fingerprint density at radius 1 is 1.08 bits per heavy atom. The van der Waals surface area contributed by atoms with Crippen molar-refractivity contribution in [2.75, 3.05) is 39.9 Å². The molecule has 0 radical (unpaired) electrons. The zero-order valence-electron chi connectivity index (χ0n) is 14.2. The fraction of sp³-hybridized carbons (Fsp3) is 0.471. The third kappa shape index (κ3) is 3.41. The summed E-state index contributed by atoms with van der Waals surface area (Å²) < 4.78 is 23.5. The Kier molecular flexibility index (Phi) is 5.10. The molecule has 0 saturated carbocycles. The molecule has 1 aromatic heterocycles. The number of nitrogens with zero attached hydrogens (tertiary/aromatic N) is 2. The number of ether oxygens (including phenoxy) is 4. The van der Waals surface area contributed by atoms with Crippen LogP contribution in [0.2, 0.25) is 0 Å². The lowest BCUT2D eigenvalue weighted by molar-refractivity contribution is 0.0904. The van der Waals surface area contributed by atoms with E-state index in [4.69, 9.17) is 18.9 Å². The molecule has 2 aromatic rings. The van der Waals surface area contributed by atoms with E-state index in [-0.39, 0.29) is 0 Å². The largest absolute Gasteiger partial charge is 0.493 e. The molecule has 0 spiro atoms. The number of anilines is 1. The molecule has 3 rings (SSSR count). The Morgan fingerprint density at radius 2 is 1.75 bits per heavy atom. The Bertz CT molecular complexity index is 655. The molecule has 0 atom stereocenters. The van der Waals surface area contributed by atoms with E-state index in [0.717, 1.165) is 37.6 Å². The summed E-state index contributed by atoms with van der Waals surface area (Å²) in [6.45, 7) is 1.59. The first-order valence-corrected chi connectivity index (χ1v) is 7.93. The van der Waals surface area contributed by atoms with Crippen molar-refractivity contribution >= 4 is 5.82 Å². The highest BCUT2D eigenvalue weighted by Crippen LogP contribution is 2.39. The molecule has 7 heteroatoms. The van der Waals surface area contributed by atoms with Crippen LogP contribution in [0.3, 0.4) is 0 Å². The van der Waals surface area contributed by atoms with E-state index in [1.807, 2.05) is 22.9 Å². The van der Waals surface area contributed by atoms with E-state index >= 15 is 0 Å². The lowest BCUT2D eigenvalue weighted by Gasteiger charge is -2.22. The maximum Gasteiger partial charge on any atom is 0.203 e. The van der Waals surface area contributed by atoms with Crippen LogP contribution in [0, 0.1) is 0 Å². The summed E-state index contributed by atoms with van der Waals surface area (Å²) in [5.41, 5.74) is 0.886. The van der Waals surface area contributed by atoms with Gasteiger partial charge in [-0.05, 0) is 12.8 Å². The Balaban J connectivity index is 1.83. The fourth-order valence-electron chi connectivity index (χ4n) is 2.81. The normalized spacial score (nSPS) is 15.1. The van der Waals surface area contributed by atoms with Crippen LogP contribution in [-0.2, 0) is 4.74 Å². The van der Waals surface area contributed by atoms with Crippen molar-refractivity contribution in [1.29, 1.82) is 0 Å². The number of benzene rings is 1. The van der Waals surface area contributed by atoms with Gasteiger partial charge in [0.15, 0.2) is 11.5 Å². The van der Waals surface area contributed by atoms with Gasteiger partial charge in [-0.1, -0.05) is 0 Å². The van der Waals surface area contributed by atoms with Crippen molar-refractivity contribution < 1.29 is 18.9 Å². The van der Waals surface area contributed by atoms with Crippen molar-refractivity contribution in [1.82, 2.24) is 9.55 Å². The van der Waals surface area contributed by atoms with E-state index < -0.39 is 0 Å². The highest BCUT2D eigenvalue weighted by molar-refractivity contribution is 5.58. The van der Waals surface area contributed by atoms with Crippen LogP contribution >= 0.6 is 0 Å². The van der Waals surface area contributed by atoms with E-state index in [1.165, 1.54) is 0 Å². The molecule has 1 aliphatic heterocycles. The van der Waals surface area contributed by atoms with Crippen molar-refractivity contribution in [3.8, 4) is 22.9 Å². The van der Waals surface area contributed by atoms with Gasteiger partial charge < -0.3 is 28.8 Å². The number of nitrogens with one attached hydrogen (secondary N) is 1. The molecule has 1 aliphatic rings. The summed E-state index contributed by atoms with van der Waals surface area (Å²) in [5, 5.41) is 3.45. The van der Waals surface area contributed by atoms with Crippen molar-refractivity contribution in [2.24, 2.45) is 0 Å². The molecular formula is C17H23N3O4. The van der Waals surface area contributed by atoms with Gasteiger partial charge in [0.05, 0.1) is 33.2 Å². The molecule has 2 heterocycles. The van der Waals surface area contributed by atoms with Gasteiger partial charge in [0.1, 0.15) is 12.1 Å².